The molecule has 5 aromatic carbocycles. The van der Waals surface area contributed by atoms with Gasteiger partial charge in [-0.2, -0.15) is 0 Å². The fourth-order valence-corrected chi connectivity index (χ4v) is 5.40. The van der Waals surface area contributed by atoms with Crippen molar-refractivity contribution in [3.8, 4) is 17.1 Å². The van der Waals surface area contributed by atoms with Crippen LogP contribution in [0.15, 0.2) is 109 Å². The largest absolute Gasteiger partial charge is 0.294 e. The predicted molar refractivity (Wildman–Crippen MR) is 151 cm³/mol. The minimum absolute atomic E-state index is 0.404. The highest BCUT2D eigenvalue weighted by atomic mass is 15.1. The second-order valence-corrected chi connectivity index (χ2v) is 9.76. The molecule has 0 saturated carbocycles. The highest BCUT2D eigenvalue weighted by Gasteiger charge is 2.17. The second-order valence-electron chi connectivity index (χ2n) is 9.76. The fraction of sp³-hybridized carbons (Fsp3) is 0.0909. The lowest BCUT2D eigenvalue weighted by Crippen LogP contribution is -1.98. The van der Waals surface area contributed by atoms with Gasteiger partial charge >= 0.3 is 0 Å². The Kier molecular flexibility index (Phi) is 4.65. The Bertz CT molecular complexity index is 1910. The van der Waals surface area contributed by atoms with Crippen LogP contribution >= 0.6 is 0 Å². The quantitative estimate of drug-likeness (QED) is 0.262. The molecule has 3 nitrogen and oxygen atoms in total. The van der Waals surface area contributed by atoms with Crippen molar-refractivity contribution in [1.82, 2.24) is 14.5 Å². The van der Waals surface area contributed by atoms with Crippen molar-refractivity contribution in [2.24, 2.45) is 0 Å². The van der Waals surface area contributed by atoms with E-state index < -0.39 is 0 Å². The highest BCUT2D eigenvalue weighted by molar-refractivity contribution is 6.12. The zero-order valence-corrected chi connectivity index (χ0v) is 20.3. The minimum Gasteiger partial charge on any atom is -0.294 e. The first-order valence-corrected chi connectivity index (χ1v) is 12.5. The molecule has 0 spiro atoms. The van der Waals surface area contributed by atoms with E-state index in [1.54, 1.807) is 0 Å². The zero-order chi connectivity index (χ0) is 24.2. The van der Waals surface area contributed by atoms with Crippen LogP contribution in [0.2, 0.25) is 0 Å². The van der Waals surface area contributed by atoms with Crippen LogP contribution < -0.4 is 0 Å². The average Bonchev–Trinajstić information content (AvgIpc) is 3.24. The summed E-state index contributed by atoms with van der Waals surface area (Å²) in [4.78, 5) is 10.1. The van der Waals surface area contributed by atoms with Crippen molar-refractivity contribution in [2.45, 2.75) is 19.8 Å². The Balaban J connectivity index is 1.55. The summed E-state index contributed by atoms with van der Waals surface area (Å²) < 4.78 is 2.27. The summed E-state index contributed by atoms with van der Waals surface area (Å²) in [6.45, 7) is 4.49. The number of hydrogen-bond acceptors (Lipinski definition) is 2. The van der Waals surface area contributed by atoms with Crippen LogP contribution in [0.25, 0.3) is 60.6 Å². The first kappa shape index (κ1) is 20.8. The third-order valence-electron chi connectivity index (χ3n) is 7.16. The molecule has 0 bridgehead atoms. The molecule has 0 aliphatic rings. The zero-order valence-electron chi connectivity index (χ0n) is 20.3. The van der Waals surface area contributed by atoms with E-state index in [1.165, 1.54) is 32.5 Å². The molecular weight excluding hydrogens is 438 g/mol. The molecule has 0 saturated heterocycles. The van der Waals surface area contributed by atoms with E-state index in [9.17, 15) is 0 Å². The van der Waals surface area contributed by atoms with Crippen LogP contribution in [0, 0.1) is 0 Å². The second kappa shape index (κ2) is 8.03. The van der Waals surface area contributed by atoms with Crippen LogP contribution in [0.3, 0.4) is 0 Å². The van der Waals surface area contributed by atoms with Crippen molar-refractivity contribution in [1.29, 1.82) is 0 Å². The van der Waals surface area contributed by atoms with Gasteiger partial charge in [0.05, 0.1) is 5.52 Å². The van der Waals surface area contributed by atoms with Gasteiger partial charge in [0, 0.05) is 28.2 Å². The molecule has 0 fully saturated rings. The molecule has 0 aliphatic carbocycles. The Morgan fingerprint density at radius 3 is 2.11 bits per heavy atom. The van der Waals surface area contributed by atoms with E-state index in [2.05, 4.69) is 122 Å². The summed E-state index contributed by atoms with van der Waals surface area (Å²) in [6.07, 6.45) is 2.00. The van der Waals surface area contributed by atoms with Gasteiger partial charge in [-0.1, -0.05) is 80.6 Å². The van der Waals surface area contributed by atoms with Crippen LogP contribution in [0.5, 0.6) is 0 Å². The van der Waals surface area contributed by atoms with Crippen molar-refractivity contribution in [2.75, 3.05) is 0 Å². The maximum Gasteiger partial charge on any atom is 0.161 e. The van der Waals surface area contributed by atoms with E-state index in [-0.39, 0.29) is 0 Å². The number of nitrogens with zero attached hydrogens (tertiary/aromatic N) is 3. The van der Waals surface area contributed by atoms with Crippen LogP contribution in [-0.4, -0.2) is 14.5 Å². The Morgan fingerprint density at radius 2 is 1.33 bits per heavy atom. The summed E-state index contributed by atoms with van der Waals surface area (Å²) in [5.74, 6) is 1.15. The third kappa shape index (κ3) is 3.20. The topological polar surface area (TPSA) is 30.7 Å². The molecule has 36 heavy (non-hydrogen) atoms. The number of hydrogen-bond donors (Lipinski definition) is 0. The van der Waals surface area contributed by atoms with Crippen LogP contribution in [-0.2, 0) is 0 Å². The molecule has 0 N–H and O–H groups in total. The smallest absolute Gasteiger partial charge is 0.161 e. The number of fused-ring (bicyclic) bond motifs is 5. The van der Waals surface area contributed by atoms with Crippen LogP contribution in [0.1, 0.15) is 25.3 Å². The molecular formula is C33H25N3. The minimum atomic E-state index is 0.404. The number of rotatable bonds is 3. The van der Waals surface area contributed by atoms with Gasteiger partial charge < -0.3 is 0 Å². The van der Waals surface area contributed by atoms with Gasteiger partial charge in [-0.05, 0) is 69.4 Å². The summed E-state index contributed by atoms with van der Waals surface area (Å²) in [7, 11) is 0. The van der Waals surface area contributed by atoms with Crippen molar-refractivity contribution in [3.63, 3.8) is 0 Å². The van der Waals surface area contributed by atoms with Gasteiger partial charge in [-0.15, -0.1) is 0 Å². The molecule has 0 amide bonds. The van der Waals surface area contributed by atoms with Crippen LogP contribution in [0.4, 0.5) is 0 Å². The lowest BCUT2D eigenvalue weighted by atomic mass is 9.93. The predicted octanol–water partition coefficient (Wildman–Crippen LogP) is 8.67. The number of para-hydroxylation sites is 1. The van der Waals surface area contributed by atoms with Gasteiger partial charge in [0.25, 0.3) is 0 Å². The molecule has 0 aliphatic heterocycles. The third-order valence-corrected chi connectivity index (χ3v) is 7.16. The average molecular weight is 464 g/mol. The molecule has 2 aromatic heterocycles. The Hall–Kier alpha value is -4.50. The lowest BCUT2D eigenvalue weighted by Gasteiger charge is -2.13. The monoisotopic (exact) mass is 463 g/mol. The molecule has 7 aromatic rings. The van der Waals surface area contributed by atoms with E-state index in [0.29, 0.717) is 5.92 Å². The summed E-state index contributed by atoms with van der Waals surface area (Å²) >= 11 is 0. The van der Waals surface area contributed by atoms with Gasteiger partial charge in [-0.3, -0.25) is 4.57 Å². The molecule has 2 heterocycles. The molecule has 0 atom stereocenters. The van der Waals surface area contributed by atoms with E-state index >= 15 is 0 Å². The van der Waals surface area contributed by atoms with Gasteiger partial charge in [0.1, 0.15) is 5.65 Å². The number of benzene rings is 5. The Morgan fingerprint density at radius 1 is 0.639 bits per heavy atom. The van der Waals surface area contributed by atoms with Crippen molar-refractivity contribution >= 4 is 43.5 Å². The first-order chi connectivity index (χ1) is 17.7. The molecule has 0 radical (unpaired) electrons. The standard InChI is InChI=1S/C33H25N3/c1-21(2)28-18-25(16-24-12-8-9-15-27(24)28)32-34-20-30-29-17-22-10-6-7-11-23(22)19-31(29)36(33(30)35-32)26-13-4-3-5-14-26/h3-21H,1-2H3. The van der Waals surface area contributed by atoms with E-state index in [4.69, 9.17) is 9.97 Å². The van der Waals surface area contributed by atoms with E-state index in [1.807, 2.05) is 6.20 Å². The Labute approximate surface area is 209 Å². The SMILES string of the molecule is CC(C)c1cc(-c2ncc3c4cc5ccccc5cc4n(-c4ccccc4)c3n2)cc2ccccc12. The molecule has 172 valence electrons. The maximum atomic E-state index is 5.21. The highest BCUT2D eigenvalue weighted by Crippen LogP contribution is 2.36. The van der Waals surface area contributed by atoms with Gasteiger partial charge in [-0.25, -0.2) is 9.97 Å². The van der Waals surface area contributed by atoms with Gasteiger partial charge in [0.15, 0.2) is 5.82 Å². The summed E-state index contributed by atoms with van der Waals surface area (Å²) in [6, 6.07) is 36.6. The molecule has 7 rings (SSSR count). The lowest BCUT2D eigenvalue weighted by molar-refractivity contribution is 0.876. The first-order valence-electron chi connectivity index (χ1n) is 12.5. The molecule has 0 unspecified atom stereocenters. The van der Waals surface area contributed by atoms with Gasteiger partial charge in [0.2, 0.25) is 0 Å². The fourth-order valence-electron chi connectivity index (χ4n) is 5.40. The summed E-state index contributed by atoms with van der Waals surface area (Å²) in [5, 5.41) is 7.18. The summed E-state index contributed by atoms with van der Waals surface area (Å²) in [5.41, 5.74) is 5.54. The normalized spacial score (nSPS) is 11.9. The van der Waals surface area contributed by atoms with Crippen molar-refractivity contribution < 1.29 is 0 Å². The van der Waals surface area contributed by atoms with Crippen molar-refractivity contribution in [3.05, 3.63) is 115 Å². The molecule has 3 heteroatoms. The maximum absolute atomic E-state index is 5.21. The number of aromatic nitrogens is 3. The van der Waals surface area contributed by atoms with E-state index in [0.717, 1.165) is 33.6 Å².